The van der Waals surface area contributed by atoms with Gasteiger partial charge in [-0.25, -0.2) is 19.6 Å². The number of amides is 4. The van der Waals surface area contributed by atoms with Crippen molar-refractivity contribution < 1.29 is 33.8 Å². The molecule has 4 fully saturated rings. The Morgan fingerprint density at radius 1 is 0.754 bits per heavy atom. The molecule has 4 aromatic carbocycles. The first kappa shape index (κ1) is 42.0. The highest BCUT2D eigenvalue weighted by molar-refractivity contribution is 5.91. The van der Waals surface area contributed by atoms with E-state index in [4.69, 9.17) is 19.4 Å². The van der Waals surface area contributed by atoms with Crippen LogP contribution in [0.4, 0.5) is 9.59 Å². The third-order valence-corrected chi connectivity index (χ3v) is 13.9. The fraction of sp³-hybridized carbons (Fsp3) is 0.360. The van der Waals surface area contributed by atoms with Crippen LogP contribution in [0.3, 0.4) is 0 Å². The van der Waals surface area contributed by atoms with Crippen molar-refractivity contribution in [3.05, 3.63) is 121 Å². The number of benzene rings is 4. The van der Waals surface area contributed by atoms with Crippen molar-refractivity contribution in [2.24, 2.45) is 11.3 Å². The summed E-state index contributed by atoms with van der Waals surface area (Å²) in [4.78, 5) is 72.4. The zero-order chi connectivity index (χ0) is 44.7. The summed E-state index contributed by atoms with van der Waals surface area (Å²) in [5, 5.41) is 17.1. The number of carbonyl (C=O) groups excluding carboxylic acids is 3. The van der Waals surface area contributed by atoms with E-state index in [-0.39, 0.29) is 35.2 Å². The maximum absolute atomic E-state index is 14.1. The van der Waals surface area contributed by atoms with Gasteiger partial charge in [-0.2, -0.15) is 0 Å². The number of imidazole rings is 2. The lowest BCUT2D eigenvalue weighted by Gasteiger charge is -2.34. The van der Waals surface area contributed by atoms with Gasteiger partial charge in [-0.05, 0) is 101 Å². The molecule has 3 saturated heterocycles. The van der Waals surface area contributed by atoms with E-state index in [1.165, 1.54) is 7.11 Å². The van der Waals surface area contributed by atoms with Gasteiger partial charge < -0.3 is 45.0 Å². The number of aromatic nitrogens is 4. The molecular formula is C50H52N8O7. The van der Waals surface area contributed by atoms with Crippen molar-refractivity contribution in [2.45, 2.75) is 69.1 Å². The van der Waals surface area contributed by atoms with Gasteiger partial charge in [0.1, 0.15) is 23.7 Å². The molecule has 1 spiro atoms. The quantitative estimate of drug-likeness (QED) is 0.0854. The van der Waals surface area contributed by atoms with Crippen molar-refractivity contribution in [1.82, 2.24) is 40.4 Å². The molecule has 15 nitrogen and oxygen atoms in total. The van der Waals surface area contributed by atoms with Gasteiger partial charge in [0.05, 0.1) is 43.0 Å². The Hall–Kier alpha value is -7.00. The second-order valence-corrected chi connectivity index (χ2v) is 18.0. The lowest BCUT2D eigenvalue weighted by molar-refractivity contribution is -0.137. The fourth-order valence-corrected chi connectivity index (χ4v) is 10.1. The van der Waals surface area contributed by atoms with Crippen LogP contribution >= 0.6 is 0 Å². The Morgan fingerprint density at radius 3 is 2.06 bits per heavy atom. The summed E-state index contributed by atoms with van der Waals surface area (Å²) in [6.45, 7) is 2.27. The van der Waals surface area contributed by atoms with E-state index in [1.54, 1.807) is 24.3 Å². The number of hydrogen-bond donors (Lipinski definition) is 5. The van der Waals surface area contributed by atoms with Gasteiger partial charge >= 0.3 is 12.2 Å². The summed E-state index contributed by atoms with van der Waals surface area (Å²) in [6.07, 6.45) is 7.62. The Kier molecular flexibility index (Phi) is 11.3. The van der Waals surface area contributed by atoms with Crippen LogP contribution in [0.5, 0.6) is 0 Å². The lowest BCUT2D eigenvalue weighted by atomic mass is 9.90. The van der Waals surface area contributed by atoms with E-state index in [2.05, 4.69) is 81.3 Å². The number of fused-ring (bicyclic) bond motifs is 1. The topological polar surface area (TPSA) is 195 Å². The first-order valence-corrected chi connectivity index (χ1v) is 22.5. The number of H-pyrrole nitrogens is 2. The van der Waals surface area contributed by atoms with Gasteiger partial charge in [0.2, 0.25) is 5.91 Å². The summed E-state index contributed by atoms with van der Waals surface area (Å²) in [6, 6.07) is 27.9. The smallest absolute Gasteiger partial charge is 0.407 e. The van der Waals surface area contributed by atoms with E-state index in [9.17, 15) is 24.3 Å². The molecule has 4 atom stereocenters. The molecule has 0 bridgehead atoms. The van der Waals surface area contributed by atoms with Gasteiger partial charge in [0.15, 0.2) is 0 Å². The zero-order valence-corrected chi connectivity index (χ0v) is 36.2. The average Bonchev–Trinajstić information content (AvgIpc) is 3.88. The number of alkyl carbamates (subject to hydrolysis) is 1. The SMILES string of the molecule is COC(=O)NC(C(=O)N1CCCC1c1ncc(-c2ccc3cc(-c4ccc(-c5cnc(C6CC7(CC7)CN6C(=O)C(NC(=O)O)c6ccccc6)[nH]5)cc4)ccc3c2)[nH]1)C1CCOCC1. The molecule has 4 unspecified atom stereocenters. The predicted molar refractivity (Wildman–Crippen MR) is 242 cm³/mol. The summed E-state index contributed by atoms with van der Waals surface area (Å²) < 4.78 is 10.4. The van der Waals surface area contributed by atoms with Crippen LogP contribution in [-0.4, -0.2) is 98.3 Å². The van der Waals surface area contributed by atoms with Crippen LogP contribution < -0.4 is 10.6 Å². The average molecular weight is 877 g/mol. The van der Waals surface area contributed by atoms with Gasteiger partial charge in [-0.3, -0.25) is 9.59 Å². The first-order valence-electron chi connectivity index (χ1n) is 22.5. The largest absolute Gasteiger partial charge is 0.465 e. The van der Waals surface area contributed by atoms with Crippen LogP contribution in [0, 0.1) is 11.3 Å². The normalized spacial score (nSPS) is 20.1. The monoisotopic (exact) mass is 876 g/mol. The van der Waals surface area contributed by atoms with Gasteiger partial charge in [-0.1, -0.05) is 78.9 Å². The number of carbonyl (C=O) groups is 4. The van der Waals surface area contributed by atoms with E-state index < -0.39 is 24.3 Å². The Labute approximate surface area is 375 Å². The second kappa shape index (κ2) is 17.5. The van der Waals surface area contributed by atoms with Crippen LogP contribution in [0.2, 0.25) is 0 Å². The van der Waals surface area contributed by atoms with Gasteiger partial charge in [0.25, 0.3) is 5.91 Å². The fourth-order valence-electron chi connectivity index (χ4n) is 10.1. The molecular weight excluding hydrogens is 825 g/mol. The van der Waals surface area contributed by atoms with Crippen molar-refractivity contribution in [3.8, 4) is 33.6 Å². The molecule has 1 aliphatic carbocycles. The molecule has 5 N–H and O–H groups in total. The molecule has 4 aliphatic rings. The van der Waals surface area contributed by atoms with E-state index in [0.717, 1.165) is 82.3 Å². The summed E-state index contributed by atoms with van der Waals surface area (Å²) in [5.41, 5.74) is 6.45. The van der Waals surface area contributed by atoms with Crippen molar-refractivity contribution in [3.63, 3.8) is 0 Å². The molecule has 1 saturated carbocycles. The number of rotatable bonds is 11. The third-order valence-electron chi connectivity index (χ3n) is 13.9. The van der Waals surface area contributed by atoms with Crippen LogP contribution in [0.15, 0.2) is 103 Å². The highest BCUT2D eigenvalue weighted by atomic mass is 16.5. The number of methoxy groups -OCH3 is 1. The first-order chi connectivity index (χ1) is 31.6. The maximum Gasteiger partial charge on any atom is 0.407 e. The van der Waals surface area contributed by atoms with E-state index >= 15 is 0 Å². The minimum Gasteiger partial charge on any atom is -0.465 e. The third kappa shape index (κ3) is 8.55. The number of nitrogens with one attached hydrogen (secondary N) is 4. The maximum atomic E-state index is 14.1. The summed E-state index contributed by atoms with van der Waals surface area (Å²) in [7, 11) is 1.31. The number of carboxylic acid groups (broad SMARTS) is 1. The minimum absolute atomic E-state index is 0.0330. The van der Waals surface area contributed by atoms with Crippen LogP contribution in [-0.2, 0) is 19.1 Å². The van der Waals surface area contributed by atoms with Crippen LogP contribution in [0.1, 0.15) is 80.3 Å². The number of likely N-dealkylation sites (tertiary alicyclic amines) is 2. The minimum atomic E-state index is -1.25. The molecule has 4 amide bonds. The van der Waals surface area contributed by atoms with Crippen molar-refractivity contribution >= 4 is 34.8 Å². The van der Waals surface area contributed by atoms with Crippen LogP contribution in [0.25, 0.3) is 44.4 Å². The second-order valence-electron chi connectivity index (χ2n) is 18.0. The predicted octanol–water partition coefficient (Wildman–Crippen LogP) is 8.16. The Balaban J connectivity index is 0.822. The van der Waals surface area contributed by atoms with Gasteiger partial charge in [-0.15, -0.1) is 0 Å². The van der Waals surface area contributed by atoms with E-state index in [1.807, 2.05) is 28.3 Å². The molecule has 2 aromatic heterocycles. The molecule has 334 valence electrons. The number of ether oxygens (including phenoxy) is 2. The molecule has 65 heavy (non-hydrogen) atoms. The molecule has 10 rings (SSSR count). The molecule has 5 heterocycles. The standard InChI is InChI=1S/C50H52N8O7/c1-64-49(63)56-43(33-17-22-65-23-18-33)46(59)57-21-5-8-40(57)44-51-28-39(54-44)37-16-15-35-24-34(13-14-36(35)25-37)30-9-11-31(12-10-30)38-27-52-45(53-38)41-26-50(19-20-50)29-58(41)47(60)42(55-48(61)62)32-6-3-2-4-7-32/h2-4,6-7,9-16,24-25,27-28,33,40-43,55H,5,8,17-23,26,29H2,1H3,(H,51,54)(H,52,53)(H,56,63)(H,61,62). The number of aromatic amines is 2. The molecule has 0 radical (unpaired) electrons. The Bertz CT molecular complexity index is 2720. The van der Waals surface area contributed by atoms with Crippen molar-refractivity contribution in [2.75, 3.05) is 33.4 Å². The summed E-state index contributed by atoms with van der Waals surface area (Å²) >= 11 is 0. The van der Waals surface area contributed by atoms with Crippen molar-refractivity contribution in [1.29, 1.82) is 0 Å². The summed E-state index contributed by atoms with van der Waals surface area (Å²) in [5.74, 6) is 1.00. The highest BCUT2D eigenvalue weighted by Crippen LogP contribution is 2.58. The Morgan fingerprint density at radius 2 is 1.38 bits per heavy atom. The number of nitrogens with zero attached hydrogens (tertiary/aromatic N) is 4. The van der Waals surface area contributed by atoms with E-state index in [0.29, 0.717) is 50.5 Å². The van der Waals surface area contributed by atoms with Gasteiger partial charge in [0, 0.05) is 31.9 Å². The highest BCUT2D eigenvalue weighted by Gasteiger charge is 2.55. The zero-order valence-electron chi connectivity index (χ0n) is 36.2. The number of hydrogen-bond acceptors (Lipinski definition) is 8. The molecule has 15 heteroatoms. The molecule has 3 aliphatic heterocycles. The molecule has 6 aromatic rings. The lowest BCUT2D eigenvalue weighted by Crippen LogP contribution is -2.53.